The number of aryl methyl sites for hydroxylation is 1. The Balaban J connectivity index is 0.00000280. The molecule has 0 radical (unpaired) electrons. The van der Waals surface area contributed by atoms with Crippen LogP contribution in [0.5, 0.6) is 0 Å². The van der Waals surface area contributed by atoms with Gasteiger partial charge in [0.25, 0.3) is 0 Å². The molecule has 0 aliphatic carbocycles. The molecule has 1 aliphatic heterocycles. The molecule has 2 aromatic rings. The summed E-state index contributed by atoms with van der Waals surface area (Å²) in [5.74, 6) is 0.834. The van der Waals surface area contributed by atoms with Crippen LogP contribution in [0.3, 0.4) is 0 Å². The highest BCUT2D eigenvalue weighted by molar-refractivity contribution is 14.0. The summed E-state index contributed by atoms with van der Waals surface area (Å²) in [6.07, 6.45) is 2.27. The second-order valence-electron chi connectivity index (χ2n) is 7.00. The van der Waals surface area contributed by atoms with Gasteiger partial charge in [-0.1, -0.05) is 48.0 Å². The van der Waals surface area contributed by atoms with Crippen molar-refractivity contribution in [3.63, 3.8) is 0 Å². The van der Waals surface area contributed by atoms with Crippen LogP contribution in [0.1, 0.15) is 35.6 Å². The van der Waals surface area contributed by atoms with E-state index in [1.54, 1.807) is 19.2 Å². The summed E-state index contributed by atoms with van der Waals surface area (Å²) >= 11 is 0. The fraction of sp³-hybridized carbons (Fsp3) is 0.409. The van der Waals surface area contributed by atoms with Crippen LogP contribution in [-0.4, -0.2) is 26.2 Å². The molecule has 0 spiro atoms. The van der Waals surface area contributed by atoms with Crippen molar-refractivity contribution in [1.29, 1.82) is 0 Å². The number of nitrogens with one attached hydrogen (secondary N) is 2. The lowest BCUT2D eigenvalue weighted by Crippen LogP contribution is -2.41. The first kappa shape index (κ1) is 22.6. The van der Waals surface area contributed by atoms with Crippen LogP contribution < -0.4 is 10.6 Å². The number of rotatable bonds is 5. The van der Waals surface area contributed by atoms with Crippen molar-refractivity contribution in [3.8, 4) is 0 Å². The van der Waals surface area contributed by atoms with Crippen LogP contribution >= 0.6 is 24.0 Å². The van der Waals surface area contributed by atoms with Crippen LogP contribution in [-0.2, 0) is 11.3 Å². The van der Waals surface area contributed by atoms with Gasteiger partial charge < -0.3 is 15.4 Å². The van der Waals surface area contributed by atoms with Crippen LogP contribution in [0.15, 0.2) is 53.5 Å². The van der Waals surface area contributed by atoms with Gasteiger partial charge in [-0.15, -0.1) is 24.0 Å². The lowest BCUT2D eigenvalue weighted by atomic mass is 9.89. The molecule has 1 saturated heterocycles. The highest BCUT2D eigenvalue weighted by Gasteiger charge is 2.27. The molecule has 0 saturated carbocycles. The molecule has 0 aromatic heterocycles. The maximum atomic E-state index is 13.8. The zero-order valence-corrected chi connectivity index (χ0v) is 18.8. The summed E-state index contributed by atoms with van der Waals surface area (Å²) in [4.78, 5) is 4.26. The molecule has 0 amide bonds. The summed E-state index contributed by atoms with van der Waals surface area (Å²) in [6.45, 7) is 4.05. The summed E-state index contributed by atoms with van der Waals surface area (Å²) in [6, 6.07) is 15.4. The summed E-state index contributed by atoms with van der Waals surface area (Å²) in [7, 11) is 1.73. The minimum atomic E-state index is -0.208. The van der Waals surface area contributed by atoms with Gasteiger partial charge in [0.1, 0.15) is 5.82 Å². The third kappa shape index (κ3) is 6.17. The summed E-state index contributed by atoms with van der Waals surface area (Å²) in [5, 5.41) is 6.56. The zero-order valence-electron chi connectivity index (χ0n) is 16.5. The van der Waals surface area contributed by atoms with Gasteiger partial charge in [-0.25, -0.2) is 4.39 Å². The molecule has 4 nitrogen and oxygen atoms in total. The highest BCUT2D eigenvalue weighted by atomic mass is 127. The fourth-order valence-corrected chi connectivity index (χ4v) is 3.45. The van der Waals surface area contributed by atoms with E-state index in [9.17, 15) is 4.39 Å². The van der Waals surface area contributed by atoms with Gasteiger partial charge in [-0.2, -0.15) is 0 Å². The van der Waals surface area contributed by atoms with E-state index >= 15 is 0 Å². The molecule has 28 heavy (non-hydrogen) atoms. The van der Waals surface area contributed by atoms with Gasteiger partial charge in [0.05, 0.1) is 6.10 Å². The van der Waals surface area contributed by atoms with E-state index in [4.69, 9.17) is 4.74 Å². The van der Waals surface area contributed by atoms with Crippen molar-refractivity contribution in [1.82, 2.24) is 10.6 Å². The van der Waals surface area contributed by atoms with E-state index in [2.05, 4.69) is 46.8 Å². The molecule has 2 aromatic carbocycles. The number of hydrogen-bond donors (Lipinski definition) is 2. The average molecular weight is 497 g/mol. The minimum Gasteiger partial charge on any atom is -0.373 e. The molecule has 2 atom stereocenters. The number of benzene rings is 2. The van der Waals surface area contributed by atoms with Crippen molar-refractivity contribution >= 4 is 29.9 Å². The molecule has 0 bridgehead atoms. The molecular formula is C22H29FIN3O. The fourth-order valence-electron chi connectivity index (χ4n) is 3.45. The Morgan fingerprint density at radius 3 is 2.61 bits per heavy atom. The molecule has 3 rings (SSSR count). The Kier molecular flexibility index (Phi) is 9.18. The van der Waals surface area contributed by atoms with Crippen LogP contribution in [0.4, 0.5) is 4.39 Å². The van der Waals surface area contributed by atoms with Gasteiger partial charge in [0, 0.05) is 38.2 Å². The molecule has 152 valence electrons. The first-order chi connectivity index (χ1) is 13.2. The Morgan fingerprint density at radius 1 is 1.14 bits per heavy atom. The van der Waals surface area contributed by atoms with Crippen LogP contribution in [0.2, 0.25) is 0 Å². The number of aliphatic imine (C=N–C) groups is 1. The summed E-state index contributed by atoms with van der Waals surface area (Å²) < 4.78 is 19.8. The molecule has 2 unspecified atom stereocenters. The van der Waals surface area contributed by atoms with E-state index in [1.165, 1.54) is 17.2 Å². The molecular weight excluding hydrogens is 468 g/mol. The van der Waals surface area contributed by atoms with Crippen LogP contribution in [0, 0.1) is 18.7 Å². The van der Waals surface area contributed by atoms with Crippen molar-refractivity contribution < 1.29 is 9.13 Å². The van der Waals surface area contributed by atoms with Gasteiger partial charge in [-0.05, 0) is 31.4 Å². The Hall–Kier alpha value is -1.67. The third-order valence-corrected chi connectivity index (χ3v) is 5.01. The Morgan fingerprint density at radius 2 is 1.89 bits per heavy atom. The average Bonchev–Trinajstić information content (AvgIpc) is 2.70. The van der Waals surface area contributed by atoms with Crippen molar-refractivity contribution in [2.24, 2.45) is 10.9 Å². The second kappa shape index (κ2) is 11.4. The smallest absolute Gasteiger partial charge is 0.191 e. The van der Waals surface area contributed by atoms with Gasteiger partial charge in [0.2, 0.25) is 0 Å². The SMILES string of the molecule is CN=C(NCc1ccccc1F)NCC1CCCOC1c1ccc(C)cc1.I. The second-order valence-corrected chi connectivity index (χ2v) is 7.00. The maximum Gasteiger partial charge on any atom is 0.191 e. The number of nitrogens with zero attached hydrogens (tertiary/aromatic N) is 1. The number of halogens is 2. The molecule has 1 fully saturated rings. The Labute approximate surface area is 184 Å². The van der Waals surface area contributed by atoms with Crippen LogP contribution in [0.25, 0.3) is 0 Å². The van der Waals surface area contributed by atoms with E-state index in [0.717, 1.165) is 26.0 Å². The molecule has 2 N–H and O–H groups in total. The standard InChI is InChI=1S/C22H28FN3O.HI/c1-16-9-11-17(12-10-16)21-19(7-5-13-27-21)15-26-22(24-2)25-14-18-6-3-4-8-20(18)23;/h3-4,6,8-12,19,21H,5,7,13-15H2,1-2H3,(H2,24,25,26);1H. The molecule has 6 heteroatoms. The van der Waals surface area contributed by atoms with Gasteiger partial charge >= 0.3 is 0 Å². The lowest BCUT2D eigenvalue weighted by Gasteiger charge is -2.32. The molecule has 1 heterocycles. The lowest BCUT2D eigenvalue weighted by molar-refractivity contribution is -0.0265. The predicted octanol–water partition coefficient (Wildman–Crippen LogP) is 4.59. The van der Waals surface area contributed by atoms with Crippen molar-refractivity contribution in [2.75, 3.05) is 20.2 Å². The van der Waals surface area contributed by atoms with E-state index in [-0.39, 0.29) is 35.9 Å². The Bertz CT molecular complexity index is 767. The number of hydrogen-bond acceptors (Lipinski definition) is 2. The highest BCUT2D eigenvalue weighted by Crippen LogP contribution is 2.33. The van der Waals surface area contributed by atoms with Crippen molar-refractivity contribution in [2.45, 2.75) is 32.4 Å². The predicted molar refractivity (Wildman–Crippen MR) is 123 cm³/mol. The van der Waals surface area contributed by atoms with E-state index in [0.29, 0.717) is 24.0 Å². The van der Waals surface area contributed by atoms with Gasteiger partial charge in [0.15, 0.2) is 5.96 Å². The van der Waals surface area contributed by atoms with E-state index < -0.39 is 0 Å². The third-order valence-electron chi connectivity index (χ3n) is 5.01. The topological polar surface area (TPSA) is 45.7 Å². The summed E-state index contributed by atoms with van der Waals surface area (Å²) in [5.41, 5.74) is 3.10. The largest absolute Gasteiger partial charge is 0.373 e. The maximum absolute atomic E-state index is 13.8. The number of guanidine groups is 1. The zero-order chi connectivity index (χ0) is 19.1. The first-order valence-electron chi connectivity index (χ1n) is 9.53. The number of ether oxygens (including phenoxy) is 1. The quantitative estimate of drug-likeness (QED) is 0.361. The van der Waals surface area contributed by atoms with Crippen molar-refractivity contribution in [3.05, 3.63) is 71.0 Å². The first-order valence-corrected chi connectivity index (χ1v) is 9.53. The normalized spacial score (nSPS) is 19.6. The minimum absolute atomic E-state index is 0. The van der Waals surface area contributed by atoms with E-state index in [1.807, 2.05) is 6.07 Å². The molecule has 1 aliphatic rings. The van der Waals surface area contributed by atoms with Gasteiger partial charge in [-0.3, -0.25) is 4.99 Å². The monoisotopic (exact) mass is 497 g/mol.